The number of hydrogen-bond donors (Lipinski definition) is 2. The summed E-state index contributed by atoms with van der Waals surface area (Å²) >= 11 is 0. The number of carbonyl (C=O) groups is 2. The number of rotatable bonds is 6. The fraction of sp³-hybridized carbons (Fsp3) is 0.579. The van der Waals surface area contributed by atoms with Crippen LogP contribution in [0.1, 0.15) is 37.8 Å². The first-order chi connectivity index (χ1) is 12.0. The zero-order valence-electron chi connectivity index (χ0n) is 15.7. The highest BCUT2D eigenvalue weighted by atomic mass is 35.5. The average molecular weight is 417 g/mol. The zero-order chi connectivity index (χ0) is 17.8. The molecule has 6 nitrogen and oxygen atoms in total. The molecule has 1 aliphatic heterocycles. The Kier molecular flexibility index (Phi) is 9.53. The minimum atomic E-state index is -0.269. The van der Waals surface area contributed by atoms with Crippen LogP contribution in [-0.2, 0) is 9.59 Å². The third-order valence-electron chi connectivity index (χ3n) is 5.14. The van der Waals surface area contributed by atoms with Gasteiger partial charge in [0.15, 0.2) is 0 Å². The molecule has 3 N–H and O–H groups in total. The van der Waals surface area contributed by atoms with Gasteiger partial charge in [0.05, 0.1) is 6.04 Å². The number of piperazine rings is 1. The molecular weight excluding hydrogens is 387 g/mol. The molecule has 2 atom stereocenters. The smallest absolute Gasteiger partial charge is 0.237 e. The Labute approximate surface area is 173 Å². The normalized spacial score (nSPS) is 19.3. The van der Waals surface area contributed by atoms with E-state index in [2.05, 4.69) is 10.2 Å². The van der Waals surface area contributed by atoms with E-state index in [1.807, 2.05) is 42.2 Å². The minimum absolute atomic E-state index is 0. The molecule has 2 amide bonds. The number of hydrogen-bond acceptors (Lipinski definition) is 4. The van der Waals surface area contributed by atoms with Gasteiger partial charge < -0.3 is 16.0 Å². The summed E-state index contributed by atoms with van der Waals surface area (Å²) in [6.45, 7) is 4.71. The summed E-state index contributed by atoms with van der Waals surface area (Å²) < 4.78 is 0. The second kappa shape index (κ2) is 10.9. The number of carbonyl (C=O) groups excluding carboxylic acids is 2. The van der Waals surface area contributed by atoms with Crippen LogP contribution in [0.25, 0.3) is 0 Å². The lowest BCUT2D eigenvalue weighted by molar-refractivity contribution is -0.134. The van der Waals surface area contributed by atoms with Gasteiger partial charge in [-0.15, -0.1) is 24.8 Å². The number of nitrogens with two attached hydrogens (primary N) is 1. The molecule has 1 saturated carbocycles. The largest absolute Gasteiger partial charge is 0.352 e. The van der Waals surface area contributed by atoms with Crippen LogP contribution in [0.15, 0.2) is 30.3 Å². The first-order valence-electron chi connectivity index (χ1n) is 9.17. The highest BCUT2D eigenvalue weighted by molar-refractivity contribution is 5.85. The van der Waals surface area contributed by atoms with E-state index in [4.69, 9.17) is 5.73 Å². The van der Waals surface area contributed by atoms with Crippen molar-refractivity contribution in [2.75, 3.05) is 26.2 Å². The van der Waals surface area contributed by atoms with E-state index in [1.54, 1.807) is 0 Å². The molecule has 2 fully saturated rings. The van der Waals surface area contributed by atoms with Crippen molar-refractivity contribution in [2.45, 2.75) is 44.3 Å². The highest BCUT2D eigenvalue weighted by Crippen LogP contribution is 2.20. The van der Waals surface area contributed by atoms with E-state index in [0.717, 1.165) is 31.5 Å². The molecule has 8 heteroatoms. The number of halogens is 2. The van der Waals surface area contributed by atoms with Crippen molar-refractivity contribution in [1.82, 2.24) is 15.1 Å². The summed E-state index contributed by atoms with van der Waals surface area (Å²) in [7, 11) is 0. The van der Waals surface area contributed by atoms with Crippen LogP contribution in [0, 0.1) is 0 Å². The van der Waals surface area contributed by atoms with Crippen LogP contribution >= 0.6 is 24.8 Å². The lowest BCUT2D eigenvalue weighted by Crippen LogP contribution is -2.55. The van der Waals surface area contributed by atoms with E-state index in [0.29, 0.717) is 25.6 Å². The first-order valence-corrected chi connectivity index (χ1v) is 9.17. The lowest BCUT2D eigenvalue weighted by Gasteiger charge is -2.37. The van der Waals surface area contributed by atoms with Crippen molar-refractivity contribution < 1.29 is 9.59 Å². The predicted octanol–water partition coefficient (Wildman–Crippen LogP) is 1.73. The fourth-order valence-electron chi connectivity index (χ4n) is 3.21. The lowest BCUT2D eigenvalue weighted by atomic mass is 10.0. The number of benzene rings is 1. The summed E-state index contributed by atoms with van der Waals surface area (Å²) in [6, 6.07) is 9.71. The van der Waals surface area contributed by atoms with Crippen molar-refractivity contribution >= 4 is 36.6 Å². The molecule has 1 saturated heterocycles. The second-order valence-corrected chi connectivity index (χ2v) is 7.10. The van der Waals surface area contributed by atoms with E-state index < -0.39 is 0 Å². The maximum absolute atomic E-state index is 12.5. The van der Waals surface area contributed by atoms with Gasteiger partial charge in [0.2, 0.25) is 11.8 Å². The Morgan fingerprint density at radius 1 is 1.11 bits per heavy atom. The monoisotopic (exact) mass is 416 g/mol. The van der Waals surface area contributed by atoms with Gasteiger partial charge >= 0.3 is 0 Å². The maximum atomic E-state index is 12.5. The summed E-state index contributed by atoms with van der Waals surface area (Å²) in [5, 5.41) is 3.05. The van der Waals surface area contributed by atoms with Crippen LogP contribution in [0.4, 0.5) is 0 Å². The Morgan fingerprint density at radius 3 is 2.26 bits per heavy atom. The Hall–Kier alpha value is -1.34. The summed E-state index contributed by atoms with van der Waals surface area (Å²) in [4.78, 5) is 28.7. The fourth-order valence-corrected chi connectivity index (χ4v) is 3.21. The third-order valence-corrected chi connectivity index (χ3v) is 5.14. The van der Waals surface area contributed by atoms with Crippen LogP contribution in [0.5, 0.6) is 0 Å². The van der Waals surface area contributed by atoms with Gasteiger partial charge in [0, 0.05) is 44.7 Å². The topological polar surface area (TPSA) is 78.7 Å². The quantitative estimate of drug-likeness (QED) is 0.739. The van der Waals surface area contributed by atoms with Crippen LogP contribution in [-0.4, -0.2) is 59.9 Å². The first kappa shape index (κ1) is 23.7. The number of amides is 2. The van der Waals surface area contributed by atoms with Crippen molar-refractivity contribution in [3.8, 4) is 0 Å². The molecule has 152 valence electrons. The minimum Gasteiger partial charge on any atom is -0.352 e. The molecule has 0 aromatic heterocycles. The van der Waals surface area contributed by atoms with Gasteiger partial charge in [-0.2, -0.15) is 0 Å². The van der Waals surface area contributed by atoms with Gasteiger partial charge in [-0.05, 0) is 25.3 Å². The number of nitrogens with one attached hydrogen (secondary N) is 1. The van der Waals surface area contributed by atoms with E-state index in [-0.39, 0.29) is 48.7 Å². The molecule has 1 aromatic rings. The van der Waals surface area contributed by atoms with Crippen LogP contribution < -0.4 is 11.1 Å². The Balaban J connectivity index is 0.00000182. The summed E-state index contributed by atoms with van der Waals surface area (Å²) in [5.41, 5.74) is 7.15. The maximum Gasteiger partial charge on any atom is 0.237 e. The van der Waals surface area contributed by atoms with Crippen molar-refractivity contribution in [3.63, 3.8) is 0 Å². The Morgan fingerprint density at radius 2 is 1.70 bits per heavy atom. The molecule has 1 aliphatic carbocycles. The van der Waals surface area contributed by atoms with Crippen LogP contribution in [0.3, 0.4) is 0 Å². The van der Waals surface area contributed by atoms with Crippen molar-refractivity contribution in [2.24, 2.45) is 5.73 Å². The highest BCUT2D eigenvalue weighted by Gasteiger charge is 2.31. The third kappa shape index (κ3) is 6.64. The predicted molar refractivity (Wildman–Crippen MR) is 111 cm³/mol. The van der Waals surface area contributed by atoms with Crippen molar-refractivity contribution in [1.29, 1.82) is 0 Å². The standard InChI is InChI=1S/C19H28N4O2.2ClH/c1-14(19(25)21-16-7-8-16)22-9-11-23(12-10-22)18(24)13-17(20)15-5-3-2-4-6-15;;/h2-6,14,16-17H,7-13,20H2,1H3,(H,21,25);2*1H. The molecule has 3 rings (SSSR count). The number of nitrogens with zero attached hydrogens (tertiary/aromatic N) is 2. The average Bonchev–Trinajstić information content (AvgIpc) is 3.45. The summed E-state index contributed by atoms with van der Waals surface area (Å²) in [6.07, 6.45) is 2.52. The summed E-state index contributed by atoms with van der Waals surface area (Å²) in [5.74, 6) is 0.194. The van der Waals surface area contributed by atoms with Gasteiger partial charge in [-0.3, -0.25) is 14.5 Å². The molecule has 0 radical (unpaired) electrons. The van der Waals surface area contributed by atoms with E-state index in [1.165, 1.54) is 0 Å². The molecule has 2 unspecified atom stereocenters. The van der Waals surface area contributed by atoms with Gasteiger partial charge in [-0.1, -0.05) is 30.3 Å². The van der Waals surface area contributed by atoms with Crippen LogP contribution in [0.2, 0.25) is 0 Å². The SMILES string of the molecule is CC(C(=O)NC1CC1)N1CCN(C(=O)CC(N)c2ccccc2)CC1.Cl.Cl. The molecule has 2 aliphatic rings. The van der Waals surface area contributed by atoms with E-state index >= 15 is 0 Å². The van der Waals surface area contributed by atoms with Gasteiger partial charge in [0.1, 0.15) is 0 Å². The molecule has 27 heavy (non-hydrogen) atoms. The van der Waals surface area contributed by atoms with Gasteiger partial charge in [0.25, 0.3) is 0 Å². The van der Waals surface area contributed by atoms with E-state index in [9.17, 15) is 9.59 Å². The molecule has 0 spiro atoms. The molecule has 0 bridgehead atoms. The Bertz CT molecular complexity index is 605. The molecule has 1 heterocycles. The second-order valence-electron chi connectivity index (χ2n) is 7.10. The van der Waals surface area contributed by atoms with Gasteiger partial charge in [-0.25, -0.2) is 0 Å². The molecular formula is C19H30Cl2N4O2. The van der Waals surface area contributed by atoms with Crippen molar-refractivity contribution in [3.05, 3.63) is 35.9 Å². The molecule has 1 aromatic carbocycles. The zero-order valence-corrected chi connectivity index (χ0v) is 17.3.